The number of likely N-dealkylation sites (N-methyl/N-ethyl adjacent to an activating group) is 1. The van der Waals surface area contributed by atoms with Gasteiger partial charge in [0.15, 0.2) is 0 Å². The summed E-state index contributed by atoms with van der Waals surface area (Å²) in [6.07, 6.45) is 0. The van der Waals surface area contributed by atoms with Crippen LogP contribution in [0.4, 0.5) is 0 Å². The minimum atomic E-state index is 0.263. The normalized spacial score (nSPS) is 15.2. The van der Waals surface area contributed by atoms with Gasteiger partial charge in [0.2, 0.25) is 0 Å². The molecule has 0 saturated carbocycles. The third kappa shape index (κ3) is 3.76. The minimum absolute atomic E-state index is 0.263. The Morgan fingerprint density at radius 1 is 1.59 bits per heavy atom. The molecule has 1 aromatic heterocycles. The molecule has 5 heteroatoms. The van der Waals surface area contributed by atoms with Crippen LogP contribution in [0.15, 0.2) is 15.9 Å². The number of hydrogen-bond donors (Lipinski definition) is 1. The van der Waals surface area contributed by atoms with Crippen molar-refractivity contribution < 1.29 is 4.74 Å². The third-order valence-electron chi connectivity index (χ3n) is 2.91. The van der Waals surface area contributed by atoms with Crippen molar-refractivity contribution in [1.82, 2.24) is 4.90 Å². The van der Waals surface area contributed by atoms with E-state index in [0.29, 0.717) is 12.6 Å². The fraction of sp³-hybridized carbons (Fsp3) is 0.667. The van der Waals surface area contributed by atoms with Crippen molar-refractivity contribution in [2.45, 2.75) is 25.9 Å². The monoisotopic (exact) mass is 320 g/mol. The van der Waals surface area contributed by atoms with E-state index in [2.05, 4.69) is 46.1 Å². The first-order chi connectivity index (χ1) is 8.15. The zero-order valence-corrected chi connectivity index (χ0v) is 13.1. The first-order valence-corrected chi connectivity index (χ1v) is 7.50. The molecule has 0 spiro atoms. The van der Waals surface area contributed by atoms with Gasteiger partial charge in [-0.25, -0.2) is 0 Å². The van der Waals surface area contributed by atoms with Gasteiger partial charge in [-0.05, 0) is 40.8 Å². The Bertz CT molecular complexity index is 332. The number of hydrogen-bond acceptors (Lipinski definition) is 4. The second-order valence-electron chi connectivity index (χ2n) is 4.02. The lowest BCUT2D eigenvalue weighted by molar-refractivity contribution is 0.0760. The molecule has 1 aromatic rings. The van der Waals surface area contributed by atoms with Gasteiger partial charge in [0.05, 0.1) is 12.6 Å². The summed E-state index contributed by atoms with van der Waals surface area (Å²) in [6, 6.07) is 2.71. The highest BCUT2D eigenvalue weighted by Gasteiger charge is 2.24. The molecule has 0 bridgehead atoms. The first-order valence-electron chi connectivity index (χ1n) is 5.83. The molecule has 0 aliphatic heterocycles. The van der Waals surface area contributed by atoms with Gasteiger partial charge in [0, 0.05) is 29.0 Å². The van der Waals surface area contributed by atoms with Crippen LogP contribution in [0, 0.1) is 0 Å². The lowest BCUT2D eigenvalue weighted by Gasteiger charge is -2.34. The van der Waals surface area contributed by atoms with Crippen molar-refractivity contribution in [2.75, 3.05) is 26.8 Å². The van der Waals surface area contributed by atoms with E-state index in [9.17, 15) is 0 Å². The minimum Gasteiger partial charge on any atom is -0.383 e. The van der Waals surface area contributed by atoms with Crippen molar-refractivity contribution in [3.8, 4) is 0 Å². The van der Waals surface area contributed by atoms with E-state index in [4.69, 9.17) is 10.5 Å². The van der Waals surface area contributed by atoms with Gasteiger partial charge in [0.25, 0.3) is 0 Å². The van der Waals surface area contributed by atoms with Gasteiger partial charge >= 0.3 is 0 Å². The maximum atomic E-state index is 5.95. The summed E-state index contributed by atoms with van der Waals surface area (Å²) in [5.74, 6) is 0. The number of nitrogens with two attached hydrogens (primary N) is 1. The largest absolute Gasteiger partial charge is 0.383 e. The van der Waals surface area contributed by atoms with E-state index in [-0.39, 0.29) is 6.04 Å². The van der Waals surface area contributed by atoms with E-state index in [1.807, 2.05) is 0 Å². The first kappa shape index (κ1) is 15.1. The number of ether oxygens (including phenoxy) is 1. The van der Waals surface area contributed by atoms with Crippen LogP contribution >= 0.6 is 27.3 Å². The van der Waals surface area contributed by atoms with Gasteiger partial charge in [0.1, 0.15) is 0 Å². The highest BCUT2D eigenvalue weighted by molar-refractivity contribution is 9.10. The second-order valence-corrected chi connectivity index (χ2v) is 5.82. The van der Waals surface area contributed by atoms with E-state index >= 15 is 0 Å². The molecular formula is C12H21BrN2OS. The molecule has 3 nitrogen and oxygen atoms in total. The average molecular weight is 321 g/mol. The number of halogens is 1. The Hall–Kier alpha value is 0.0600. The van der Waals surface area contributed by atoms with Crippen LogP contribution in [0.3, 0.4) is 0 Å². The van der Waals surface area contributed by atoms with Gasteiger partial charge in [-0.15, -0.1) is 11.3 Å². The summed E-state index contributed by atoms with van der Waals surface area (Å²) in [5, 5.41) is 2.09. The highest BCUT2D eigenvalue weighted by atomic mass is 79.9. The fourth-order valence-corrected chi connectivity index (χ4v) is 3.88. The van der Waals surface area contributed by atoms with E-state index in [0.717, 1.165) is 17.6 Å². The molecule has 0 aliphatic rings. The Kier molecular flexibility index (Phi) is 6.66. The fourth-order valence-electron chi connectivity index (χ4n) is 2.11. The van der Waals surface area contributed by atoms with Crippen LogP contribution in [0.2, 0.25) is 0 Å². The Labute approximate surface area is 116 Å². The molecule has 98 valence electrons. The zero-order valence-electron chi connectivity index (χ0n) is 10.6. The van der Waals surface area contributed by atoms with Crippen LogP contribution in [0.1, 0.15) is 24.8 Å². The number of nitrogens with zero attached hydrogens (tertiary/aromatic N) is 1. The third-order valence-corrected chi connectivity index (χ3v) is 4.88. The number of thiophene rings is 1. The Morgan fingerprint density at radius 3 is 2.71 bits per heavy atom. The second kappa shape index (κ2) is 7.48. The van der Waals surface area contributed by atoms with Crippen LogP contribution in [0.5, 0.6) is 0 Å². The molecule has 0 radical (unpaired) electrons. The van der Waals surface area contributed by atoms with Crippen LogP contribution in [-0.2, 0) is 4.74 Å². The molecule has 1 rings (SSSR count). The molecule has 0 aliphatic carbocycles. The molecule has 0 fully saturated rings. The SMILES string of the molecule is CCN(C(C)COC)C(CN)c1sccc1Br. The molecule has 2 N–H and O–H groups in total. The average Bonchev–Trinajstić information content (AvgIpc) is 2.72. The van der Waals surface area contributed by atoms with Gasteiger partial charge < -0.3 is 10.5 Å². The van der Waals surface area contributed by atoms with E-state index in [1.165, 1.54) is 4.88 Å². The lowest BCUT2D eigenvalue weighted by atomic mass is 10.1. The summed E-state index contributed by atoms with van der Waals surface area (Å²) >= 11 is 5.34. The molecule has 1 heterocycles. The lowest BCUT2D eigenvalue weighted by Crippen LogP contribution is -2.41. The van der Waals surface area contributed by atoms with E-state index < -0.39 is 0 Å². The number of rotatable bonds is 7. The molecular weight excluding hydrogens is 300 g/mol. The molecule has 2 atom stereocenters. The predicted molar refractivity (Wildman–Crippen MR) is 77.5 cm³/mol. The Morgan fingerprint density at radius 2 is 2.29 bits per heavy atom. The van der Waals surface area contributed by atoms with E-state index in [1.54, 1.807) is 18.4 Å². The summed E-state index contributed by atoms with van der Waals surface area (Å²) < 4.78 is 6.39. The Balaban J connectivity index is 2.87. The van der Waals surface area contributed by atoms with Gasteiger partial charge in [-0.3, -0.25) is 4.90 Å². The maximum Gasteiger partial charge on any atom is 0.0615 e. The molecule has 2 unspecified atom stereocenters. The quantitative estimate of drug-likeness (QED) is 0.839. The van der Waals surface area contributed by atoms with Crippen molar-refractivity contribution in [2.24, 2.45) is 5.73 Å². The zero-order chi connectivity index (χ0) is 12.8. The topological polar surface area (TPSA) is 38.5 Å². The summed E-state index contributed by atoms with van der Waals surface area (Å²) in [5.41, 5.74) is 5.95. The van der Waals surface area contributed by atoms with Crippen molar-refractivity contribution >= 4 is 27.3 Å². The van der Waals surface area contributed by atoms with Crippen LogP contribution in [-0.4, -0.2) is 37.7 Å². The summed E-state index contributed by atoms with van der Waals surface area (Å²) in [7, 11) is 1.74. The smallest absolute Gasteiger partial charge is 0.0615 e. The summed E-state index contributed by atoms with van der Waals surface area (Å²) in [6.45, 7) is 6.67. The van der Waals surface area contributed by atoms with Crippen molar-refractivity contribution in [3.63, 3.8) is 0 Å². The van der Waals surface area contributed by atoms with Crippen LogP contribution in [0.25, 0.3) is 0 Å². The molecule has 0 saturated heterocycles. The van der Waals surface area contributed by atoms with Crippen molar-refractivity contribution in [3.05, 3.63) is 20.8 Å². The summed E-state index contributed by atoms with van der Waals surface area (Å²) in [4.78, 5) is 3.69. The van der Waals surface area contributed by atoms with Crippen molar-refractivity contribution in [1.29, 1.82) is 0 Å². The van der Waals surface area contributed by atoms with Gasteiger partial charge in [-0.1, -0.05) is 6.92 Å². The maximum absolute atomic E-state index is 5.95. The molecule has 0 amide bonds. The number of methoxy groups -OCH3 is 1. The van der Waals surface area contributed by atoms with Gasteiger partial charge in [-0.2, -0.15) is 0 Å². The van der Waals surface area contributed by atoms with Crippen LogP contribution < -0.4 is 5.73 Å². The molecule has 17 heavy (non-hydrogen) atoms. The highest BCUT2D eigenvalue weighted by Crippen LogP contribution is 2.33. The molecule has 0 aromatic carbocycles. The standard InChI is InChI=1S/C12H21BrN2OS/c1-4-15(9(2)8-16-3)11(7-14)12-10(13)5-6-17-12/h5-6,9,11H,4,7-8,14H2,1-3H3. The predicted octanol–water partition coefficient (Wildman–Crippen LogP) is 2.87.